The molecule has 0 aliphatic carbocycles. The standard InChI is InChI=1S/C12H17BrFN/c1-9(15-2)4-3-5-10-8-11(14)6-7-12(10)13/h6-9,15H,3-5H2,1-2H3. The fraction of sp³-hybridized carbons (Fsp3) is 0.500. The summed E-state index contributed by atoms with van der Waals surface area (Å²) in [7, 11) is 1.96. The highest BCUT2D eigenvalue weighted by atomic mass is 79.9. The molecule has 1 rings (SSSR count). The van der Waals surface area contributed by atoms with E-state index in [1.165, 1.54) is 6.07 Å². The van der Waals surface area contributed by atoms with Crippen molar-refractivity contribution in [3.8, 4) is 0 Å². The van der Waals surface area contributed by atoms with E-state index in [1.807, 2.05) is 7.05 Å². The average Bonchev–Trinajstić information content (AvgIpc) is 2.23. The highest BCUT2D eigenvalue weighted by Gasteiger charge is 2.03. The van der Waals surface area contributed by atoms with Crippen molar-refractivity contribution in [3.63, 3.8) is 0 Å². The molecule has 0 amide bonds. The Kier molecular flexibility index (Phi) is 5.26. The van der Waals surface area contributed by atoms with Gasteiger partial charge in [-0.05, 0) is 57.0 Å². The normalized spacial score (nSPS) is 12.8. The van der Waals surface area contributed by atoms with Crippen molar-refractivity contribution < 1.29 is 4.39 Å². The van der Waals surface area contributed by atoms with Crippen LogP contribution >= 0.6 is 15.9 Å². The summed E-state index contributed by atoms with van der Waals surface area (Å²) in [6.07, 6.45) is 3.11. The first kappa shape index (κ1) is 12.7. The second-order valence-electron chi connectivity index (χ2n) is 3.82. The van der Waals surface area contributed by atoms with Crippen LogP contribution in [-0.2, 0) is 6.42 Å². The first-order valence-corrected chi connectivity index (χ1v) is 6.04. The van der Waals surface area contributed by atoms with Gasteiger partial charge in [0.15, 0.2) is 0 Å². The van der Waals surface area contributed by atoms with Crippen molar-refractivity contribution in [2.24, 2.45) is 0 Å². The van der Waals surface area contributed by atoms with Crippen LogP contribution in [0.5, 0.6) is 0 Å². The summed E-state index contributed by atoms with van der Waals surface area (Å²) in [4.78, 5) is 0. The van der Waals surface area contributed by atoms with Crippen LogP contribution in [0.3, 0.4) is 0 Å². The molecule has 0 aromatic heterocycles. The van der Waals surface area contributed by atoms with Gasteiger partial charge in [0.25, 0.3) is 0 Å². The lowest BCUT2D eigenvalue weighted by Crippen LogP contribution is -2.20. The average molecular weight is 274 g/mol. The minimum Gasteiger partial charge on any atom is -0.317 e. The lowest BCUT2D eigenvalue weighted by atomic mass is 10.1. The van der Waals surface area contributed by atoms with Gasteiger partial charge in [0.1, 0.15) is 5.82 Å². The lowest BCUT2D eigenvalue weighted by Gasteiger charge is -2.10. The Morgan fingerprint density at radius 2 is 2.20 bits per heavy atom. The summed E-state index contributed by atoms with van der Waals surface area (Å²) in [6.45, 7) is 2.15. The zero-order valence-electron chi connectivity index (χ0n) is 9.19. The molecule has 0 spiro atoms. The van der Waals surface area contributed by atoms with E-state index in [2.05, 4.69) is 28.2 Å². The molecule has 1 aromatic carbocycles. The fourth-order valence-electron chi connectivity index (χ4n) is 1.48. The number of halogens is 2. The Bertz CT molecular complexity index is 314. The van der Waals surface area contributed by atoms with Crippen LogP contribution in [0, 0.1) is 5.82 Å². The van der Waals surface area contributed by atoms with Crippen LogP contribution in [0.15, 0.2) is 22.7 Å². The predicted octanol–water partition coefficient (Wildman–Crippen LogP) is 3.52. The fourth-order valence-corrected chi connectivity index (χ4v) is 1.92. The minimum absolute atomic E-state index is 0.158. The molecule has 0 aliphatic rings. The second-order valence-corrected chi connectivity index (χ2v) is 4.67. The molecule has 0 heterocycles. The van der Waals surface area contributed by atoms with Gasteiger partial charge in [-0.25, -0.2) is 4.39 Å². The first-order valence-electron chi connectivity index (χ1n) is 5.24. The topological polar surface area (TPSA) is 12.0 Å². The summed E-state index contributed by atoms with van der Waals surface area (Å²) >= 11 is 3.43. The zero-order chi connectivity index (χ0) is 11.3. The number of nitrogens with one attached hydrogen (secondary N) is 1. The van der Waals surface area contributed by atoms with Crippen molar-refractivity contribution in [3.05, 3.63) is 34.1 Å². The van der Waals surface area contributed by atoms with Crippen LogP contribution in [0.1, 0.15) is 25.3 Å². The van der Waals surface area contributed by atoms with E-state index in [9.17, 15) is 4.39 Å². The molecule has 15 heavy (non-hydrogen) atoms. The van der Waals surface area contributed by atoms with Gasteiger partial charge in [0, 0.05) is 10.5 Å². The van der Waals surface area contributed by atoms with E-state index in [1.54, 1.807) is 12.1 Å². The first-order chi connectivity index (χ1) is 7.13. The van der Waals surface area contributed by atoms with Gasteiger partial charge in [-0.1, -0.05) is 15.9 Å². The Labute approximate surface area is 99.2 Å². The summed E-state index contributed by atoms with van der Waals surface area (Å²) in [6, 6.07) is 5.38. The van der Waals surface area contributed by atoms with Crippen LogP contribution in [0.4, 0.5) is 4.39 Å². The third-order valence-corrected chi connectivity index (χ3v) is 3.36. The molecule has 1 N–H and O–H groups in total. The van der Waals surface area contributed by atoms with Crippen LogP contribution in [0.2, 0.25) is 0 Å². The van der Waals surface area contributed by atoms with Crippen molar-refractivity contribution in [2.45, 2.75) is 32.2 Å². The van der Waals surface area contributed by atoms with Crippen molar-refractivity contribution >= 4 is 15.9 Å². The SMILES string of the molecule is CNC(C)CCCc1cc(F)ccc1Br. The second kappa shape index (κ2) is 6.23. The maximum Gasteiger partial charge on any atom is 0.123 e. The molecule has 3 heteroatoms. The molecule has 0 radical (unpaired) electrons. The summed E-state index contributed by atoms with van der Waals surface area (Å²) in [5, 5.41) is 3.19. The van der Waals surface area contributed by atoms with Crippen LogP contribution in [0.25, 0.3) is 0 Å². The van der Waals surface area contributed by atoms with E-state index < -0.39 is 0 Å². The highest BCUT2D eigenvalue weighted by molar-refractivity contribution is 9.10. The van der Waals surface area contributed by atoms with Gasteiger partial charge in [-0.2, -0.15) is 0 Å². The van der Waals surface area contributed by atoms with Crippen LogP contribution in [-0.4, -0.2) is 13.1 Å². The van der Waals surface area contributed by atoms with E-state index in [4.69, 9.17) is 0 Å². The largest absolute Gasteiger partial charge is 0.317 e. The molecule has 84 valence electrons. The summed E-state index contributed by atoms with van der Waals surface area (Å²) < 4.78 is 14.0. The van der Waals surface area contributed by atoms with Gasteiger partial charge in [-0.3, -0.25) is 0 Å². The maximum absolute atomic E-state index is 13.0. The molecule has 0 saturated heterocycles. The number of rotatable bonds is 5. The van der Waals surface area contributed by atoms with E-state index in [-0.39, 0.29) is 5.82 Å². The zero-order valence-corrected chi connectivity index (χ0v) is 10.8. The monoisotopic (exact) mass is 273 g/mol. The summed E-state index contributed by atoms with van der Waals surface area (Å²) in [5.74, 6) is -0.158. The molecule has 0 fully saturated rings. The molecule has 1 atom stereocenters. The van der Waals surface area contributed by atoms with E-state index >= 15 is 0 Å². The number of benzene rings is 1. The van der Waals surface area contributed by atoms with Gasteiger partial charge < -0.3 is 5.32 Å². The number of hydrogen-bond acceptors (Lipinski definition) is 1. The Balaban J connectivity index is 2.46. The number of hydrogen-bond donors (Lipinski definition) is 1. The minimum atomic E-state index is -0.158. The third kappa shape index (κ3) is 4.31. The third-order valence-electron chi connectivity index (χ3n) is 2.58. The molecule has 0 aliphatic heterocycles. The van der Waals surface area contributed by atoms with Gasteiger partial charge >= 0.3 is 0 Å². The Hall–Kier alpha value is -0.410. The predicted molar refractivity (Wildman–Crippen MR) is 65.6 cm³/mol. The molecule has 0 saturated carbocycles. The molecule has 1 aromatic rings. The quantitative estimate of drug-likeness (QED) is 0.866. The van der Waals surface area contributed by atoms with Crippen molar-refractivity contribution in [1.29, 1.82) is 0 Å². The highest BCUT2D eigenvalue weighted by Crippen LogP contribution is 2.20. The van der Waals surface area contributed by atoms with Crippen molar-refractivity contribution in [2.75, 3.05) is 7.05 Å². The van der Waals surface area contributed by atoms with Crippen molar-refractivity contribution in [1.82, 2.24) is 5.32 Å². The molecular weight excluding hydrogens is 257 g/mol. The van der Waals surface area contributed by atoms with Gasteiger partial charge in [-0.15, -0.1) is 0 Å². The maximum atomic E-state index is 13.0. The van der Waals surface area contributed by atoms with Crippen LogP contribution < -0.4 is 5.32 Å². The lowest BCUT2D eigenvalue weighted by molar-refractivity contribution is 0.540. The Morgan fingerprint density at radius 3 is 2.87 bits per heavy atom. The summed E-state index contributed by atoms with van der Waals surface area (Å²) in [5.41, 5.74) is 1.05. The molecule has 0 bridgehead atoms. The van der Waals surface area contributed by atoms with Gasteiger partial charge in [0.2, 0.25) is 0 Å². The molecule has 1 unspecified atom stereocenters. The number of aryl methyl sites for hydroxylation is 1. The molecular formula is C12H17BrFN. The smallest absolute Gasteiger partial charge is 0.123 e. The van der Waals surface area contributed by atoms with E-state index in [0.29, 0.717) is 6.04 Å². The molecule has 1 nitrogen and oxygen atoms in total. The van der Waals surface area contributed by atoms with E-state index in [0.717, 1.165) is 29.3 Å². The van der Waals surface area contributed by atoms with Gasteiger partial charge in [0.05, 0.1) is 0 Å². The Morgan fingerprint density at radius 1 is 1.47 bits per heavy atom.